The third-order valence-corrected chi connectivity index (χ3v) is 7.65. The van der Waals surface area contributed by atoms with Crippen molar-refractivity contribution in [2.24, 2.45) is 17.1 Å². The molecule has 5 rings (SSSR count). The Morgan fingerprint density at radius 2 is 1.95 bits per heavy atom. The molecule has 1 saturated carbocycles. The average Bonchev–Trinajstić information content (AvgIpc) is 3.26. The lowest BCUT2D eigenvalue weighted by Crippen LogP contribution is -2.58. The van der Waals surface area contributed by atoms with Crippen LogP contribution in [0.25, 0.3) is 21.8 Å². The summed E-state index contributed by atoms with van der Waals surface area (Å²) in [6.45, 7) is 8.26. The predicted molar refractivity (Wildman–Crippen MR) is 147 cm³/mol. The fourth-order valence-corrected chi connectivity index (χ4v) is 5.35. The van der Waals surface area contributed by atoms with Gasteiger partial charge in [0, 0.05) is 45.6 Å². The molecule has 1 fully saturated rings. The van der Waals surface area contributed by atoms with Gasteiger partial charge in [-0.3, -0.25) is 4.98 Å². The first-order valence-corrected chi connectivity index (χ1v) is 12.9. The molecule has 2 aromatic heterocycles. The van der Waals surface area contributed by atoms with Crippen molar-refractivity contribution in [1.82, 2.24) is 9.97 Å². The number of rotatable bonds is 7. The number of methoxy groups -OCH3 is 1. The highest BCUT2D eigenvalue weighted by Gasteiger charge is 2.55. The number of amides is 1. The zero-order valence-electron chi connectivity index (χ0n) is 23.1. The summed E-state index contributed by atoms with van der Waals surface area (Å²) in [6.07, 6.45) is 1.84. The summed E-state index contributed by atoms with van der Waals surface area (Å²) in [5, 5.41) is 10.6. The maximum atomic E-state index is 15.3. The minimum atomic E-state index is -0.783. The Kier molecular flexibility index (Phi) is 6.70. The van der Waals surface area contributed by atoms with Crippen LogP contribution in [0.4, 0.5) is 9.18 Å². The number of carbonyl (C=O) groups is 1. The number of nitriles is 1. The van der Waals surface area contributed by atoms with E-state index in [2.05, 4.69) is 16.0 Å². The molecule has 40 heavy (non-hydrogen) atoms. The first-order valence-electron chi connectivity index (χ1n) is 12.9. The molecule has 0 atom stereocenters. The molecule has 2 aromatic carbocycles. The SMILES string of the molecule is COc1cc2c(Oc3ccc4[nH]c(C)cc4c3F)c(C#N)cnc2cc1OCC1CC(OC(N)=O)(C(C)(C)C)C1. The molecule has 0 aliphatic heterocycles. The number of aryl methyl sites for hydroxylation is 1. The van der Waals surface area contributed by atoms with E-state index in [9.17, 15) is 10.1 Å². The van der Waals surface area contributed by atoms with Gasteiger partial charge >= 0.3 is 6.09 Å². The maximum absolute atomic E-state index is 15.3. The van der Waals surface area contributed by atoms with Gasteiger partial charge in [-0.1, -0.05) is 20.8 Å². The molecule has 1 amide bonds. The molecule has 1 aliphatic rings. The van der Waals surface area contributed by atoms with E-state index in [4.69, 9.17) is 24.7 Å². The van der Waals surface area contributed by atoms with Crippen LogP contribution in [0.15, 0.2) is 36.5 Å². The summed E-state index contributed by atoms with van der Waals surface area (Å²) < 4.78 is 38.6. The highest BCUT2D eigenvalue weighted by molar-refractivity contribution is 5.91. The van der Waals surface area contributed by atoms with E-state index in [-0.39, 0.29) is 28.4 Å². The van der Waals surface area contributed by atoms with E-state index in [1.54, 1.807) is 24.3 Å². The molecule has 208 valence electrons. The number of hydrogen-bond acceptors (Lipinski definition) is 7. The number of aromatic amines is 1. The Morgan fingerprint density at radius 3 is 2.60 bits per heavy atom. The monoisotopic (exact) mass is 546 g/mol. The maximum Gasteiger partial charge on any atom is 0.405 e. The van der Waals surface area contributed by atoms with Gasteiger partial charge in [0.2, 0.25) is 0 Å². The summed E-state index contributed by atoms with van der Waals surface area (Å²) in [5.41, 5.74) is 6.52. The van der Waals surface area contributed by atoms with Crippen molar-refractivity contribution in [3.63, 3.8) is 0 Å². The van der Waals surface area contributed by atoms with Gasteiger partial charge in [0.15, 0.2) is 28.8 Å². The third kappa shape index (κ3) is 4.72. The van der Waals surface area contributed by atoms with Crippen molar-refractivity contribution < 1.29 is 28.1 Å². The number of pyridine rings is 1. The zero-order chi connectivity index (χ0) is 28.8. The molecule has 0 unspecified atom stereocenters. The predicted octanol–water partition coefficient (Wildman–Crippen LogP) is 6.51. The molecule has 0 saturated heterocycles. The topological polar surface area (TPSA) is 132 Å². The summed E-state index contributed by atoms with van der Waals surface area (Å²) in [6, 6.07) is 10.4. The zero-order valence-corrected chi connectivity index (χ0v) is 23.1. The highest BCUT2D eigenvalue weighted by atomic mass is 19.1. The van der Waals surface area contributed by atoms with Crippen molar-refractivity contribution in [2.45, 2.75) is 46.1 Å². The van der Waals surface area contributed by atoms with E-state index < -0.39 is 17.5 Å². The number of ether oxygens (including phenoxy) is 4. The molecule has 4 aromatic rings. The molecule has 0 spiro atoms. The minimum Gasteiger partial charge on any atom is -0.493 e. The number of nitrogens with zero attached hydrogens (tertiary/aromatic N) is 2. The number of benzene rings is 2. The first-order chi connectivity index (χ1) is 18.9. The molecule has 9 nitrogen and oxygen atoms in total. The number of halogens is 1. The van der Waals surface area contributed by atoms with Crippen LogP contribution in [0, 0.1) is 35.4 Å². The van der Waals surface area contributed by atoms with Crippen LogP contribution in [-0.2, 0) is 4.74 Å². The minimum absolute atomic E-state index is 0.0136. The van der Waals surface area contributed by atoms with E-state index in [0.717, 1.165) is 5.69 Å². The second-order valence-corrected chi connectivity index (χ2v) is 11.3. The van der Waals surface area contributed by atoms with Crippen molar-refractivity contribution >= 4 is 27.9 Å². The molecule has 1 aliphatic carbocycles. The number of aromatic nitrogens is 2. The molecule has 10 heteroatoms. The fraction of sp³-hybridized carbons (Fsp3) is 0.367. The lowest BCUT2D eigenvalue weighted by molar-refractivity contribution is -0.154. The third-order valence-electron chi connectivity index (χ3n) is 7.65. The van der Waals surface area contributed by atoms with Crippen LogP contribution in [-0.4, -0.2) is 35.4 Å². The Bertz CT molecular complexity index is 1660. The van der Waals surface area contributed by atoms with Crippen molar-refractivity contribution in [1.29, 1.82) is 5.26 Å². The van der Waals surface area contributed by atoms with E-state index >= 15 is 4.39 Å². The van der Waals surface area contributed by atoms with Crippen LogP contribution in [0.3, 0.4) is 0 Å². The summed E-state index contributed by atoms with van der Waals surface area (Å²) in [4.78, 5) is 19.0. The van der Waals surface area contributed by atoms with Gasteiger partial charge in [-0.2, -0.15) is 5.26 Å². The number of H-pyrrole nitrogens is 1. The van der Waals surface area contributed by atoms with Gasteiger partial charge in [-0.05, 0) is 44.0 Å². The highest BCUT2D eigenvalue weighted by Crippen LogP contribution is 2.52. The lowest BCUT2D eigenvalue weighted by atomic mass is 9.59. The number of primary amides is 1. The van der Waals surface area contributed by atoms with Gasteiger partial charge in [-0.15, -0.1) is 0 Å². The van der Waals surface area contributed by atoms with Crippen LogP contribution in [0.2, 0.25) is 0 Å². The summed E-state index contributed by atoms with van der Waals surface area (Å²) >= 11 is 0. The molecule has 0 radical (unpaired) electrons. The Labute approximate surface area is 231 Å². The lowest BCUT2D eigenvalue weighted by Gasteiger charge is -2.53. The van der Waals surface area contributed by atoms with E-state index in [0.29, 0.717) is 52.8 Å². The number of nitrogens with two attached hydrogens (primary N) is 1. The average molecular weight is 547 g/mol. The van der Waals surface area contributed by atoms with Gasteiger partial charge in [0.05, 0.1) is 19.2 Å². The van der Waals surface area contributed by atoms with Gasteiger partial charge in [-0.25, -0.2) is 9.18 Å². The Morgan fingerprint density at radius 1 is 1.20 bits per heavy atom. The number of carbonyl (C=O) groups excluding carboxylic acids is 1. The fourth-order valence-electron chi connectivity index (χ4n) is 5.35. The second-order valence-electron chi connectivity index (χ2n) is 11.3. The van der Waals surface area contributed by atoms with E-state index in [1.807, 2.05) is 27.7 Å². The van der Waals surface area contributed by atoms with Crippen LogP contribution in [0.5, 0.6) is 23.0 Å². The Balaban J connectivity index is 1.42. The second kappa shape index (κ2) is 9.90. The molecule has 3 N–H and O–H groups in total. The quantitative estimate of drug-likeness (QED) is 0.270. The summed E-state index contributed by atoms with van der Waals surface area (Å²) in [7, 11) is 1.51. The Hall–Kier alpha value is -4.52. The normalized spacial score (nSPS) is 18.7. The van der Waals surface area contributed by atoms with E-state index in [1.165, 1.54) is 19.4 Å². The standard InChI is InChI=1S/C30H31FN4O5/c1-16-8-19-21(35-16)6-7-23(26(19)31)39-27-18(13-32)14-34-22-10-25(24(37-5)9-20(22)27)38-15-17-11-30(12-17,29(2,3)4)40-28(33)36/h6-10,14,17,35H,11-12,15H2,1-5H3,(H2,33,36). The van der Waals surface area contributed by atoms with Gasteiger partial charge < -0.3 is 29.7 Å². The van der Waals surface area contributed by atoms with Crippen LogP contribution in [0.1, 0.15) is 44.9 Å². The number of hydrogen-bond donors (Lipinski definition) is 2. The van der Waals surface area contributed by atoms with Crippen LogP contribution < -0.4 is 19.9 Å². The molecule has 2 heterocycles. The van der Waals surface area contributed by atoms with Crippen molar-refractivity contribution in [2.75, 3.05) is 13.7 Å². The number of nitrogens with one attached hydrogen (secondary N) is 1. The smallest absolute Gasteiger partial charge is 0.405 e. The number of fused-ring (bicyclic) bond motifs is 2. The largest absolute Gasteiger partial charge is 0.493 e. The first kappa shape index (κ1) is 27.1. The van der Waals surface area contributed by atoms with Gasteiger partial charge in [0.1, 0.15) is 17.2 Å². The summed E-state index contributed by atoms with van der Waals surface area (Å²) in [5.74, 6) is 0.621. The van der Waals surface area contributed by atoms with Crippen molar-refractivity contribution in [3.8, 4) is 29.1 Å². The molecule has 0 bridgehead atoms. The van der Waals surface area contributed by atoms with Gasteiger partial charge in [0.25, 0.3) is 0 Å². The van der Waals surface area contributed by atoms with Crippen LogP contribution >= 0.6 is 0 Å². The molecular formula is C30H31FN4O5. The molecular weight excluding hydrogens is 515 g/mol. The van der Waals surface area contributed by atoms with Crippen molar-refractivity contribution in [3.05, 3.63) is 53.6 Å².